The van der Waals surface area contributed by atoms with E-state index >= 15 is 0 Å². The van der Waals surface area contributed by atoms with Crippen molar-refractivity contribution in [1.29, 1.82) is 0 Å². The van der Waals surface area contributed by atoms with Crippen LogP contribution in [-0.4, -0.2) is 4.98 Å². The van der Waals surface area contributed by atoms with E-state index in [2.05, 4.69) is 98.4 Å². The summed E-state index contributed by atoms with van der Waals surface area (Å²) >= 11 is 0. The van der Waals surface area contributed by atoms with Crippen molar-refractivity contribution in [3.8, 4) is 33.5 Å². The monoisotopic (exact) mass is 425 g/mol. The lowest BCUT2D eigenvalue weighted by atomic mass is 9.84. The normalized spacial score (nSPS) is 16.8. The Balaban J connectivity index is 1.57. The first-order valence-corrected chi connectivity index (χ1v) is 11.9. The van der Waals surface area contributed by atoms with Gasteiger partial charge in [-0.3, -0.25) is 4.98 Å². The van der Waals surface area contributed by atoms with Crippen molar-refractivity contribution in [3.05, 3.63) is 114 Å². The maximum absolute atomic E-state index is 4.84. The van der Waals surface area contributed by atoms with Crippen LogP contribution in [0.25, 0.3) is 44.7 Å². The summed E-state index contributed by atoms with van der Waals surface area (Å²) in [6, 6.07) is 28.2. The number of fused-ring (bicyclic) bond motifs is 3. The van der Waals surface area contributed by atoms with E-state index in [0.717, 1.165) is 16.8 Å². The number of pyridine rings is 1. The van der Waals surface area contributed by atoms with Gasteiger partial charge in [-0.2, -0.15) is 0 Å². The fourth-order valence-corrected chi connectivity index (χ4v) is 5.56. The highest BCUT2D eigenvalue weighted by Crippen LogP contribution is 2.51. The molecule has 2 aliphatic carbocycles. The van der Waals surface area contributed by atoms with E-state index in [1.807, 2.05) is 6.20 Å². The zero-order chi connectivity index (χ0) is 22.4. The number of rotatable bonds is 3. The van der Waals surface area contributed by atoms with E-state index in [1.54, 1.807) is 0 Å². The Morgan fingerprint density at radius 1 is 0.758 bits per heavy atom. The first kappa shape index (κ1) is 19.9. The van der Waals surface area contributed by atoms with Gasteiger partial charge in [-0.05, 0) is 87.4 Å². The van der Waals surface area contributed by atoms with Gasteiger partial charge in [-0.1, -0.05) is 86.3 Å². The van der Waals surface area contributed by atoms with Crippen molar-refractivity contribution < 1.29 is 0 Å². The van der Waals surface area contributed by atoms with Crippen molar-refractivity contribution in [2.75, 3.05) is 0 Å². The average Bonchev–Trinajstić information content (AvgIpc) is 3.17. The van der Waals surface area contributed by atoms with Crippen LogP contribution in [0.2, 0.25) is 0 Å². The zero-order valence-electron chi connectivity index (χ0n) is 19.0. The number of aromatic nitrogens is 1. The molecule has 1 heterocycles. The topological polar surface area (TPSA) is 12.9 Å². The van der Waals surface area contributed by atoms with Gasteiger partial charge in [-0.15, -0.1) is 0 Å². The molecule has 0 N–H and O–H groups in total. The average molecular weight is 426 g/mol. The first-order valence-electron chi connectivity index (χ1n) is 11.9. The molecule has 33 heavy (non-hydrogen) atoms. The molecule has 0 unspecified atom stereocenters. The molecule has 0 spiro atoms. The predicted molar refractivity (Wildman–Crippen MR) is 140 cm³/mol. The molecular formula is C32H27N. The SMILES string of the molecule is C=C1c2ccccc2-c2c(-c3ccccc3)ccc(-c3cc(C4=CCCC[C@@H]4C)ccn3)c21. The molecule has 1 heteroatoms. The van der Waals surface area contributed by atoms with Gasteiger partial charge in [0.15, 0.2) is 0 Å². The van der Waals surface area contributed by atoms with Crippen molar-refractivity contribution in [2.24, 2.45) is 5.92 Å². The van der Waals surface area contributed by atoms with Crippen LogP contribution in [0.1, 0.15) is 42.9 Å². The lowest BCUT2D eigenvalue weighted by molar-refractivity contribution is 0.601. The summed E-state index contributed by atoms with van der Waals surface area (Å²) in [4.78, 5) is 4.84. The largest absolute Gasteiger partial charge is 0.256 e. The van der Waals surface area contributed by atoms with Crippen LogP contribution in [0.3, 0.4) is 0 Å². The second-order valence-corrected chi connectivity index (χ2v) is 9.22. The first-order chi connectivity index (χ1) is 16.2. The summed E-state index contributed by atoms with van der Waals surface area (Å²) in [5, 5.41) is 0. The van der Waals surface area contributed by atoms with Gasteiger partial charge >= 0.3 is 0 Å². The third kappa shape index (κ3) is 3.27. The molecule has 0 fully saturated rings. The van der Waals surface area contributed by atoms with Crippen LogP contribution >= 0.6 is 0 Å². The zero-order valence-corrected chi connectivity index (χ0v) is 19.0. The molecule has 160 valence electrons. The molecule has 4 aromatic rings. The maximum atomic E-state index is 4.84. The highest BCUT2D eigenvalue weighted by molar-refractivity contribution is 6.09. The quantitative estimate of drug-likeness (QED) is 0.282. The molecule has 1 nitrogen and oxygen atoms in total. The van der Waals surface area contributed by atoms with Gasteiger partial charge < -0.3 is 0 Å². The highest BCUT2D eigenvalue weighted by atomic mass is 14.7. The lowest BCUT2D eigenvalue weighted by Crippen LogP contribution is -2.04. The molecule has 3 aromatic carbocycles. The predicted octanol–water partition coefficient (Wildman–Crippen LogP) is 8.66. The minimum absolute atomic E-state index is 0.597. The smallest absolute Gasteiger partial charge is 0.0714 e. The van der Waals surface area contributed by atoms with Crippen LogP contribution in [0.15, 0.2) is 97.7 Å². The second kappa shape index (κ2) is 8.01. The molecule has 0 radical (unpaired) electrons. The molecule has 0 aliphatic heterocycles. The van der Waals surface area contributed by atoms with Crippen molar-refractivity contribution in [1.82, 2.24) is 4.98 Å². The molecule has 2 aliphatic rings. The van der Waals surface area contributed by atoms with Gasteiger partial charge in [0.05, 0.1) is 5.69 Å². The number of allylic oxidation sites excluding steroid dienone is 2. The fourth-order valence-electron chi connectivity index (χ4n) is 5.56. The number of hydrogen-bond acceptors (Lipinski definition) is 1. The van der Waals surface area contributed by atoms with Gasteiger partial charge in [0.2, 0.25) is 0 Å². The minimum atomic E-state index is 0.597. The summed E-state index contributed by atoms with van der Waals surface area (Å²) in [5.74, 6) is 0.597. The molecule has 1 aromatic heterocycles. The Labute approximate surface area is 196 Å². The molecule has 0 saturated carbocycles. The molecule has 0 saturated heterocycles. The Morgan fingerprint density at radius 3 is 2.33 bits per heavy atom. The third-order valence-corrected chi connectivity index (χ3v) is 7.22. The molecule has 0 amide bonds. The van der Waals surface area contributed by atoms with Crippen molar-refractivity contribution >= 4 is 11.1 Å². The van der Waals surface area contributed by atoms with Crippen molar-refractivity contribution in [3.63, 3.8) is 0 Å². The highest BCUT2D eigenvalue weighted by Gasteiger charge is 2.28. The molecular weight excluding hydrogens is 398 g/mol. The second-order valence-electron chi connectivity index (χ2n) is 9.22. The Bertz CT molecular complexity index is 1410. The summed E-state index contributed by atoms with van der Waals surface area (Å²) in [7, 11) is 0. The number of benzene rings is 3. The van der Waals surface area contributed by atoms with Gasteiger partial charge in [-0.25, -0.2) is 0 Å². The summed E-state index contributed by atoms with van der Waals surface area (Å²) < 4.78 is 0. The molecule has 0 bridgehead atoms. The van der Waals surface area contributed by atoms with Crippen LogP contribution in [0, 0.1) is 5.92 Å². The maximum Gasteiger partial charge on any atom is 0.0714 e. The van der Waals surface area contributed by atoms with Crippen LogP contribution in [0.5, 0.6) is 0 Å². The van der Waals surface area contributed by atoms with E-state index in [-0.39, 0.29) is 0 Å². The third-order valence-electron chi connectivity index (χ3n) is 7.22. The van der Waals surface area contributed by atoms with Crippen LogP contribution in [0.4, 0.5) is 0 Å². The van der Waals surface area contributed by atoms with Gasteiger partial charge in [0, 0.05) is 11.8 Å². The summed E-state index contributed by atoms with van der Waals surface area (Å²) in [5.41, 5.74) is 13.5. The van der Waals surface area contributed by atoms with E-state index in [4.69, 9.17) is 4.98 Å². The van der Waals surface area contributed by atoms with Gasteiger partial charge in [0.1, 0.15) is 0 Å². The number of nitrogens with zero attached hydrogens (tertiary/aromatic N) is 1. The lowest BCUT2D eigenvalue weighted by Gasteiger charge is -2.21. The van der Waals surface area contributed by atoms with E-state index < -0.39 is 0 Å². The number of hydrogen-bond donors (Lipinski definition) is 0. The van der Waals surface area contributed by atoms with E-state index in [0.29, 0.717) is 5.92 Å². The summed E-state index contributed by atoms with van der Waals surface area (Å²) in [6.45, 7) is 6.89. The Kier molecular flexibility index (Phi) is 4.84. The minimum Gasteiger partial charge on any atom is -0.256 e. The Morgan fingerprint density at radius 2 is 1.52 bits per heavy atom. The molecule has 1 atom stereocenters. The van der Waals surface area contributed by atoms with Crippen LogP contribution < -0.4 is 0 Å². The fraction of sp³-hybridized carbons (Fsp3) is 0.156. The van der Waals surface area contributed by atoms with E-state index in [9.17, 15) is 0 Å². The summed E-state index contributed by atoms with van der Waals surface area (Å²) in [6.07, 6.45) is 8.11. The molecule has 6 rings (SSSR count). The van der Waals surface area contributed by atoms with Crippen LogP contribution in [-0.2, 0) is 0 Å². The van der Waals surface area contributed by atoms with E-state index in [1.165, 1.54) is 63.8 Å². The Hall–Kier alpha value is -3.71. The standard InChI is InChI=1S/C32H27N/c1-21-10-6-7-13-25(21)24-18-19-33-30(20-24)29-17-16-27(23-11-4-3-5-12-23)32-28-15-9-8-14-26(28)22(2)31(29)32/h3-5,8-9,11-21H,2,6-7,10H2,1H3/t21-/m0/s1. The van der Waals surface area contributed by atoms with Gasteiger partial charge in [0.25, 0.3) is 0 Å². The van der Waals surface area contributed by atoms with Crippen molar-refractivity contribution in [2.45, 2.75) is 26.2 Å².